The molecule has 0 aliphatic heterocycles. The first-order valence-corrected chi connectivity index (χ1v) is 6.44. The summed E-state index contributed by atoms with van der Waals surface area (Å²) in [6.07, 6.45) is 1.08. The molecule has 0 aromatic carbocycles. The van der Waals surface area contributed by atoms with Gasteiger partial charge < -0.3 is 10.1 Å². The van der Waals surface area contributed by atoms with Gasteiger partial charge in [0.05, 0.1) is 18.8 Å². The van der Waals surface area contributed by atoms with Crippen molar-refractivity contribution >= 4 is 0 Å². The second kappa shape index (κ2) is 6.77. The molecule has 1 aromatic rings. The molecule has 0 saturated carbocycles. The fraction of sp³-hybridized carbons (Fsp3) is 0.769. The number of ether oxygens (including phenoxy) is 1. The van der Waals surface area contributed by atoms with Gasteiger partial charge in [-0.15, -0.1) is 0 Å². The summed E-state index contributed by atoms with van der Waals surface area (Å²) in [4.78, 5) is 0. The van der Waals surface area contributed by atoms with Gasteiger partial charge in [0.25, 0.3) is 0 Å². The Hall–Kier alpha value is -0.870. The molecule has 0 aliphatic rings. The van der Waals surface area contributed by atoms with Crippen LogP contribution in [-0.2, 0) is 11.3 Å². The third-order valence-electron chi connectivity index (χ3n) is 3.19. The molecule has 0 saturated heterocycles. The Bertz CT molecular complexity index is 343. The molecule has 0 spiro atoms. The Morgan fingerprint density at radius 3 is 2.59 bits per heavy atom. The molecule has 98 valence electrons. The van der Waals surface area contributed by atoms with Crippen LogP contribution in [0, 0.1) is 13.8 Å². The highest BCUT2D eigenvalue weighted by atomic mass is 16.5. The standard InChI is InChI=1S/C13H25N3O/c1-6-12(14-5)13-10(3)15-16(11(13)4)8-9-17-7-2/h12,14H,6-9H2,1-5H3. The Kier molecular flexibility index (Phi) is 5.65. The van der Waals surface area contributed by atoms with E-state index in [9.17, 15) is 0 Å². The maximum atomic E-state index is 5.38. The smallest absolute Gasteiger partial charge is 0.0662 e. The van der Waals surface area contributed by atoms with Crippen LogP contribution >= 0.6 is 0 Å². The lowest BCUT2D eigenvalue weighted by molar-refractivity contribution is 0.135. The summed E-state index contributed by atoms with van der Waals surface area (Å²) in [6, 6.07) is 0.399. The van der Waals surface area contributed by atoms with Crippen molar-refractivity contribution in [3.8, 4) is 0 Å². The SMILES string of the molecule is CCOCCn1nc(C)c(C(CC)NC)c1C. The summed E-state index contributed by atoms with van der Waals surface area (Å²) in [7, 11) is 2.00. The van der Waals surface area contributed by atoms with Gasteiger partial charge in [-0.3, -0.25) is 4.68 Å². The van der Waals surface area contributed by atoms with Gasteiger partial charge in [0.1, 0.15) is 0 Å². The van der Waals surface area contributed by atoms with E-state index < -0.39 is 0 Å². The molecule has 1 unspecified atom stereocenters. The third kappa shape index (κ3) is 3.30. The van der Waals surface area contributed by atoms with Crippen LogP contribution in [0.4, 0.5) is 0 Å². The highest BCUT2D eigenvalue weighted by Crippen LogP contribution is 2.23. The lowest BCUT2D eigenvalue weighted by Gasteiger charge is -2.14. The minimum Gasteiger partial charge on any atom is -0.380 e. The molecule has 1 N–H and O–H groups in total. The summed E-state index contributed by atoms with van der Waals surface area (Å²) in [5.41, 5.74) is 3.72. The van der Waals surface area contributed by atoms with E-state index >= 15 is 0 Å². The zero-order valence-corrected chi connectivity index (χ0v) is 11.7. The van der Waals surface area contributed by atoms with E-state index in [-0.39, 0.29) is 0 Å². The summed E-state index contributed by atoms with van der Waals surface area (Å²) < 4.78 is 7.43. The van der Waals surface area contributed by atoms with Crippen LogP contribution in [0.2, 0.25) is 0 Å². The zero-order chi connectivity index (χ0) is 12.8. The van der Waals surface area contributed by atoms with Gasteiger partial charge in [0.15, 0.2) is 0 Å². The van der Waals surface area contributed by atoms with E-state index in [2.05, 4.69) is 35.9 Å². The van der Waals surface area contributed by atoms with E-state index in [4.69, 9.17) is 4.74 Å². The topological polar surface area (TPSA) is 39.1 Å². The average molecular weight is 239 g/mol. The number of nitrogens with zero attached hydrogens (tertiary/aromatic N) is 2. The molecule has 4 heteroatoms. The summed E-state index contributed by atoms with van der Waals surface area (Å²) in [6.45, 7) is 10.8. The van der Waals surface area contributed by atoms with Crippen molar-refractivity contribution in [3.63, 3.8) is 0 Å². The highest BCUT2D eigenvalue weighted by Gasteiger charge is 2.17. The number of rotatable bonds is 7. The van der Waals surface area contributed by atoms with Crippen molar-refractivity contribution < 1.29 is 4.74 Å². The minimum absolute atomic E-state index is 0.399. The summed E-state index contributed by atoms with van der Waals surface area (Å²) >= 11 is 0. The van der Waals surface area contributed by atoms with Gasteiger partial charge in [0, 0.05) is 23.9 Å². The number of nitrogens with one attached hydrogen (secondary N) is 1. The van der Waals surface area contributed by atoms with Crippen molar-refractivity contribution in [2.75, 3.05) is 20.3 Å². The van der Waals surface area contributed by atoms with Crippen LogP contribution in [0.3, 0.4) is 0 Å². The van der Waals surface area contributed by atoms with Gasteiger partial charge >= 0.3 is 0 Å². The Morgan fingerprint density at radius 2 is 2.06 bits per heavy atom. The number of hydrogen-bond acceptors (Lipinski definition) is 3. The molecule has 4 nitrogen and oxygen atoms in total. The molecule has 1 heterocycles. The molecule has 1 aromatic heterocycles. The van der Waals surface area contributed by atoms with Gasteiger partial charge in [-0.25, -0.2) is 0 Å². The van der Waals surface area contributed by atoms with Crippen molar-refractivity contribution in [2.45, 2.75) is 46.7 Å². The molecule has 0 radical (unpaired) electrons. The van der Waals surface area contributed by atoms with Crippen LogP contribution in [0.15, 0.2) is 0 Å². The first-order valence-electron chi connectivity index (χ1n) is 6.44. The molecule has 17 heavy (non-hydrogen) atoms. The Labute approximate surface area is 104 Å². The fourth-order valence-corrected chi connectivity index (χ4v) is 2.28. The summed E-state index contributed by atoms with van der Waals surface area (Å²) in [5.74, 6) is 0. The normalized spacial score (nSPS) is 13.0. The molecular weight excluding hydrogens is 214 g/mol. The maximum absolute atomic E-state index is 5.38. The maximum Gasteiger partial charge on any atom is 0.0662 e. The predicted octanol–water partition coefficient (Wildman–Crippen LogP) is 2.21. The van der Waals surface area contributed by atoms with Crippen LogP contribution in [0.1, 0.15) is 43.3 Å². The van der Waals surface area contributed by atoms with Crippen molar-refractivity contribution in [3.05, 3.63) is 17.0 Å². The molecule has 0 aliphatic carbocycles. The molecule has 1 atom stereocenters. The molecule has 1 rings (SSSR count). The number of hydrogen-bond donors (Lipinski definition) is 1. The Balaban J connectivity index is 2.85. The van der Waals surface area contributed by atoms with Gasteiger partial charge in [-0.1, -0.05) is 6.92 Å². The highest BCUT2D eigenvalue weighted by molar-refractivity contribution is 5.28. The van der Waals surface area contributed by atoms with Gasteiger partial charge in [-0.2, -0.15) is 5.10 Å². The first-order chi connectivity index (χ1) is 8.15. The average Bonchev–Trinajstić information content (AvgIpc) is 2.59. The zero-order valence-electron chi connectivity index (χ0n) is 11.7. The van der Waals surface area contributed by atoms with E-state index in [0.717, 1.165) is 31.9 Å². The second-order valence-electron chi connectivity index (χ2n) is 4.25. The Morgan fingerprint density at radius 1 is 1.35 bits per heavy atom. The molecule has 0 fully saturated rings. The lowest BCUT2D eigenvalue weighted by atomic mass is 10.0. The fourth-order valence-electron chi connectivity index (χ4n) is 2.28. The van der Waals surface area contributed by atoms with Gasteiger partial charge in [0.2, 0.25) is 0 Å². The largest absolute Gasteiger partial charge is 0.380 e. The molecular formula is C13H25N3O. The third-order valence-corrected chi connectivity index (χ3v) is 3.19. The molecule has 0 amide bonds. The van der Waals surface area contributed by atoms with E-state index in [1.54, 1.807) is 0 Å². The second-order valence-corrected chi connectivity index (χ2v) is 4.25. The molecule has 0 bridgehead atoms. The minimum atomic E-state index is 0.399. The van der Waals surface area contributed by atoms with Crippen LogP contribution in [-0.4, -0.2) is 30.0 Å². The van der Waals surface area contributed by atoms with Crippen LogP contribution < -0.4 is 5.32 Å². The number of aryl methyl sites for hydroxylation is 1. The lowest BCUT2D eigenvalue weighted by Crippen LogP contribution is -2.17. The van der Waals surface area contributed by atoms with Crippen LogP contribution in [0.5, 0.6) is 0 Å². The monoisotopic (exact) mass is 239 g/mol. The quantitative estimate of drug-likeness (QED) is 0.741. The van der Waals surface area contributed by atoms with Crippen molar-refractivity contribution in [2.24, 2.45) is 0 Å². The van der Waals surface area contributed by atoms with E-state index in [1.165, 1.54) is 11.3 Å². The van der Waals surface area contributed by atoms with Crippen LogP contribution in [0.25, 0.3) is 0 Å². The van der Waals surface area contributed by atoms with E-state index in [1.807, 2.05) is 14.0 Å². The predicted molar refractivity (Wildman–Crippen MR) is 70.3 cm³/mol. The summed E-state index contributed by atoms with van der Waals surface area (Å²) in [5, 5.41) is 7.94. The number of aromatic nitrogens is 2. The first kappa shape index (κ1) is 14.2. The van der Waals surface area contributed by atoms with Crippen molar-refractivity contribution in [1.82, 2.24) is 15.1 Å². The van der Waals surface area contributed by atoms with E-state index in [0.29, 0.717) is 6.04 Å². The van der Waals surface area contributed by atoms with Gasteiger partial charge in [-0.05, 0) is 34.2 Å². The van der Waals surface area contributed by atoms with Crippen molar-refractivity contribution in [1.29, 1.82) is 0 Å².